The molecular formula is C14H19BrN4. The van der Waals surface area contributed by atoms with E-state index in [2.05, 4.69) is 65.4 Å². The van der Waals surface area contributed by atoms with E-state index in [1.165, 1.54) is 5.56 Å². The van der Waals surface area contributed by atoms with Gasteiger partial charge in [0.2, 0.25) is 0 Å². The van der Waals surface area contributed by atoms with E-state index in [1.54, 1.807) is 0 Å². The van der Waals surface area contributed by atoms with Crippen LogP contribution in [0.25, 0.3) is 0 Å². The van der Waals surface area contributed by atoms with E-state index < -0.39 is 0 Å². The Morgan fingerprint density at radius 2 is 2.05 bits per heavy atom. The van der Waals surface area contributed by atoms with E-state index in [1.807, 2.05) is 16.9 Å². The first-order valence-electron chi connectivity index (χ1n) is 6.29. The van der Waals surface area contributed by atoms with Crippen molar-refractivity contribution < 1.29 is 0 Å². The van der Waals surface area contributed by atoms with Crippen LogP contribution in [-0.4, -0.2) is 9.78 Å². The van der Waals surface area contributed by atoms with Gasteiger partial charge >= 0.3 is 0 Å². The van der Waals surface area contributed by atoms with Crippen molar-refractivity contribution in [2.45, 2.75) is 32.9 Å². The highest BCUT2D eigenvalue weighted by Gasteiger charge is 2.18. The van der Waals surface area contributed by atoms with Crippen molar-refractivity contribution in [3.05, 3.63) is 51.8 Å². The van der Waals surface area contributed by atoms with Crippen molar-refractivity contribution in [2.24, 2.45) is 5.84 Å². The molecule has 1 atom stereocenters. The Labute approximate surface area is 122 Å². The number of hydrogen-bond acceptors (Lipinski definition) is 3. The van der Waals surface area contributed by atoms with Crippen molar-refractivity contribution in [3.63, 3.8) is 0 Å². The first kappa shape index (κ1) is 14.2. The fraction of sp³-hybridized carbons (Fsp3) is 0.357. The van der Waals surface area contributed by atoms with Crippen molar-refractivity contribution in [1.82, 2.24) is 15.2 Å². The highest BCUT2D eigenvalue weighted by Crippen LogP contribution is 2.26. The molecule has 0 aliphatic heterocycles. The molecule has 4 nitrogen and oxygen atoms in total. The molecule has 0 aliphatic carbocycles. The zero-order chi connectivity index (χ0) is 14.0. The third-order valence-corrected chi connectivity index (χ3v) is 3.51. The van der Waals surface area contributed by atoms with E-state index in [0.29, 0.717) is 6.04 Å². The van der Waals surface area contributed by atoms with Crippen molar-refractivity contribution in [2.75, 3.05) is 0 Å². The Morgan fingerprint density at radius 1 is 1.32 bits per heavy atom. The van der Waals surface area contributed by atoms with Crippen LogP contribution in [0.2, 0.25) is 0 Å². The fourth-order valence-corrected chi connectivity index (χ4v) is 2.89. The predicted octanol–water partition coefficient (Wildman–Crippen LogP) is 3.09. The monoisotopic (exact) mass is 322 g/mol. The summed E-state index contributed by atoms with van der Waals surface area (Å²) < 4.78 is 3.04. The van der Waals surface area contributed by atoms with E-state index in [4.69, 9.17) is 5.84 Å². The van der Waals surface area contributed by atoms with Crippen LogP contribution in [0.4, 0.5) is 0 Å². The topological polar surface area (TPSA) is 55.9 Å². The average molecular weight is 323 g/mol. The second kappa shape index (κ2) is 5.86. The number of rotatable bonds is 4. The van der Waals surface area contributed by atoms with E-state index in [9.17, 15) is 0 Å². The molecule has 19 heavy (non-hydrogen) atoms. The van der Waals surface area contributed by atoms with Crippen molar-refractivity contribution >= 4 is 15.9 Å². The Bertz CT molecular complexity index is 542. The summed E-state index contributed by atoms with van der Waals surface area (Å²) in [6.07, 6.45) is 1.81. The lowest BCUT2D eigenvalue weighted by atomic mass is 10.0. The lowest BCUT2D eigenvalue weighted by molar-refractivity contribution is 0.476. The molecule has 2 aromatic rings. The number of halogens is 1. The second-order valence-corrected chi connectivity index (χ2v) is 5.87. The summed E-state index contributed by atoms with van der Waals surface area (Å²) in [6.45, 7) is 6.29. The van der Waals surface area contributed by atoms with Gasteiger partial charge in [-0.3, -0.25) is 10.5 Å². The molecule has 0 saturated heterocycles. The van der Waals surface area contributed by atoms with Crippen LogP contribution in [0.5, 0.6) is 0 Å². The Balaban J connectivity index is 2.47. The van der Waals surface area contributed by atoms with Crippen LogP contribution >= 0.6 is 15.9 Å². The fourth-order valence-electron chi connectivity index (χ4n) is 2.27. The van der Waals surface area contributed by atoms with E-state index >= 15 is 0 Å². The van der Waals surface area contributed by atoms with Crippen LogP contribution < -0.4 is 11.3 Å². The smallest absolute Gasteiger partial charge is 0.0878 e. The zero-order valence-corrected chi connectivity index (χ0v) is 13.0. The Morgan fingerprint density at radius 3 is 2.63 bits per heavy atom. The number of nitrogens with zero attached hydrogens (tertiary/aromatic N) is 2. The molecule has 0 bridgehead atoms. The number of nitrogens with one attached hydrogen (secondary N) is 1. The molecule has 5 heteroatoms. The van der Waals surface area contributed by atoms with Crippen molar-refractivity contribution in [1.29, 1.82) is 0 Å². The largest absolute Gasteiger partial charge is 0.271 e. The predicted molar refractivity (Wildman–Crippen MR) is 80.7 cm³/mol. The summed E-state index contributed by atoms with van der Waals surface area (Å²) in [6, 6.07) is 8.52. The molecule has 2 rings (SSSR count). The molecular weight excluding hydrogens is 304 g/mol. The minimum absolute atomic E-state index is 0.0684. The first-order chi connectivity index (χ1) is 9.02. The van der Waals surface area contributed by atoms with Crippen LogP contribution in [0.1, 0.15) is 42.8 Å². The second-order valence-electron chi connectivity index (χ2n) is 4.96. The Kier molecular flexibility index (Phi) is 4.39. The van der Waals surface area contributed by atoms with Crippen LogP contribution in [0, 0.1) is 6.92 Å². The molecule has 0 saturated carbocycles. The maximum absolute atomic E-state index is 5.76. The lowest BCUT2D eigenvalue weighted by Crippen LogP contribution is -2.31. The minimum Gasteiger partial charge on any atom is -0.271 e. The summed E-state index contributed by atoms with van der Waals surface area (Å²) in [5, 5.41) is 4.36. The standard InChI is InChI=1S/C14H19BrN4/c1-9(2)19-13(4-5-17-19)14(18-16)11-6-10(3)7-12(15)8-11/h4-9,14,18H,16H2,1-3H3. The van der Waals surface area contributed by atoms with Crippen molar-refractivity contribution in [3.8, 4) is 0 Å². The maximum Gasteiger partial charge on any atom is 0.0878 e. The minimum atomic E-state index is -0.0684. The maximum atomic E-state index is 5.76. The Hall–Kier alpha value is -1.17. The quantitative estimate of drug-likeness (QED) is 0.671. The zero-order valence-electron chi connectivity index (χ0n) is 11.4. The number of hydrazine groups is 1. The summed E-state index contributed by atoms with van der Waals surface area (Å²) in [7, 11) is 0. The van der Waals surface area contributed by atoms with Gasteiger partial charge in [-0.25, -0.2) is 5.43 Å². The first-order valence-corrected chi connectivity index (χ1v) is 7.09. The molecule has 1 aromatic carbocycles. The van der Waals surface area contributed by atoms with Gasteiger partial charge in [0.05, 0.1) is 11.7 Å². The summed E-state index contributed by atoms with van der Waals surface area (Å²) in [5.41, 5.74) is 6.27. The number of benzene rings is 1. The molecule has 0 radical (unpaired) electrons. The third kappa shape index (κ3) is 3.05. The summed E-state index contributed by atoms with van der Waals surface area (Å²) in [4.78, 5) is 0. The van der Waals surface area contributed by atoms with Gasteiger partial charge in [0.15, 0.2) is 0 Å². The molecule has 0 amide bonds. The molecule has 1 aromatic heterocycles. The van der Waals surface area contributed by atoms with Gasteiger partial charge in [-0.2, -0.15) is 5.10 Å². The number of aromatic nitrogens is 2. The number of hydrogen-bond donors (Lipinski definition) is 2. The SMILES string of the molecule is Cc1cc(Br)cc(C(NN)c2ccnn2C(C)C)c1. The lowest BCUT2D eigenvalue weighted by Gasteiger charge is -2.20. The molecule has 3 N–H and O–H groups in total. The molecule has 1 heterocycles. The van der Waals surface area contributed by atoms with Gasteiger partial charge in [-0.1, -0.05) is 22.0 Å². The van der Waals surface area contributed by atoms with E-state index in [-0.39, 0.29) is 6.04 Å². The summed E-state index contributed by atoms with van der Waals surface area (Å²) in [5.74, 6) is 5.76. The van der Waals surface area contributed by atoms with Gasteiger partial charge < -0.3 is 0 Å². The average Bonchev–Trinajstić information content (AvgIpc) is 2.78. The van der Waals surface area contributed by atoms with Gasteiger partial charge in [0, 0.05) is 16.7 Å². The third-order valence-electron chi connectivity index (χ3n) is 3.05. The number of aryl methyl sites for hydroxylation is 1. The van der Waals surface area contributed by atoms with Crippen LogP contribution in [-0.2, 0) is 0 Å². The normalized spacial score (nSPS) is 12.9. The molecule has 0 spiro atoms. The van der Waals surface area contributed by atoms with Gasteiger partial charge in [0.1, 0.15) is 0 Å². The van der Waals surface area contributed by atoms with Crippen LogP contribution in [0.15, 0.2) is 34.9 Å². The molecule has 0 fully saturated rings. The molecule has 102 valence electrons. The van der Waals surface area contributed by atoms with Gasteiger partial charge in [-0.15, -0.1) is 0 Å². The van der Waals surface area contributed by atoms with Gasteiger partial charge in [0.25, 0.3) is 0 Å². The highest BCUT2D eigenvalue weighted by atomic mass is 79.9. The number of nitrogens with two attached hydrogens (primary N) is 1. The molecule has 1 unspecified atom stereocenters. The molecule has 0 aliphatic rings. The summed E-state index contributed by atoms with van der Waals surface area (Å²) >= 11 is 3.53. The van der Waals surface area contributed by atoms with Gasteiger partial charge in [-0.05, 0) is 50.1 Å². The van der Waals surface area contributed by atoms with Crippen LogP contribution in [0.3, 0.4) is 0 Å². The highest BCUT2D eigenvalue weighted by molar-refractivity contribution is 9.10. The van der Waals surface area contributed by atoms with E-state index in [0.717, 1.165) is 15.7 Å².